The summed E-state index contributed by atoms with van der Waals surface area (Å²) in [6.45, 7) is 8.31. The number of aryl methyl sites for hydroxylation is 1. The number of aliphatic hydroxyl groups is 2. The molecule has 376 valence electrons. The Morgan fingerprint density at radius 1 is 0.833 bits per heavy atom. The number of nitrogens with zero attached hydrogens (tertiary/aromatic N) is 3. The summed E-state index contributed by atoms with van der Waals surface area (Å²) in [7, 11) is 0. The number of carbonyl (C=O) groups excluding carboxylic acids is 2. The topological polar surface area (TPSA) is 200 Å². The lowest BCUT2D eigenvalue weighted by molar-refractivity contribution is -0.469. The van der Waals surface area contributed by atoms with Crippen molar-refractivity contribution in [3.63, 3.8) is 0 Å². The standard InChI is InChI=1S/C31H31N3O3.C12H12INO3.C9H8INO3.C3H6O/c1-22-6-8-23(9-7-22)10-11-24-12-14-25(15-13-24)19-34-30(27(20-35)21-37-34)31(36)32-17-16-26-18-33-29-5-3-2-4-28(26)29;13-10-3-1-8(2-4-10)5-14-11-9(7-17-14)6-16-12(11)15;10-8-3-1-7(2-4-8)5-11(14)6-9(12)13;1-2-3-4/h2-9,12-15,18,27,30,33,35H,16-17,19-21H2,1H3,(H,32,36);1-4,9,11H,5-7H2;1-4,6H,5H2,(H,12,13);2,4H,1,3H2/b;;11-6-;. The number of hydrogen-bond donors (Lipinski definition) is 5. The van der Waals surface area contributed by atoms with Crippen LogP contribution in [0.4, 0.5) is 0 Å². The highest BCUT2D eigenvalue weighted by Gasteiger charge is 2.47. The molecular formula is C55H57I2N5O10. The molecule has 1 amide bonds. The van der Waals surface area contributed by atoms with Crippen molar-refractivity contribution in [2.75, 3.05) is 39.6 Å². The molecule has 72 heavy (non-hydrogen) atoms. The fraction of sp³-hybridized carbons (Fsp3) is 0.273. The molecule has 0 spiro atoms. The minimum Gasteiger partial charge on any atom is -0.623 e. The van der Waals surface area contributed by atoms with E-state index in [4.69, 9.17) is 24.6 Å². The summed E-state index contributed by atoms with van der Waals surface area (Å²) in [4.78, 5) is 49.5. The summed E-state index contributed by atoms with van der Waals surface area (Å²) < 4.78 is 7.71. The predicted molar refractivity (Wildman–Crippen MR) is 291 cm³/mol. The number of carboxylic acid groups (broad SMARTS) is 1. The van der Waals surface area contributed by atoms with Gasteiger partial charge in [0.15, 0.2) is 6.54 Å². The van der Waals surface area contributed by atoms with E-state index in [2.05, 4.69) is 123 Å². The second-order valence-corrected chi connectivity index (χ2v) is 19.4. The van der Waals surface area contributed by atoms with Crippen molar-refractivity contribution in [2.45, 2.75) is 45.1 Å². The van der Waals surface area contributed by atoms with Crippen LogP contribution in [0.5, 0.6) is 0 Å². The molecule has 6 aromatic rings. The zero-order valence-corrected chi connectivity index (χ0v) is 44.0. The van der Waals surface area contributed by atoms with Gasteiger partial charge < -0.3 is 35.6 Å². The highest BCUT2D eigenvalue weighted by molar-refractivity contribution is 14.1. The van der Waals surface area contributed by atoms with Crippen molar-refractivity contribution >= 4 is 80.1 Å². The van der Waals surface area contributed by atoms with Crippen LogP contribution >= 0.6 is 45.2 Å². The van der Waals surface area contributed by atoms with Gasteiger partial charge in [0.2, 0.25) is 5.91 Å². The number of esters is 1. The third-order valence-corrected chi connectivity index (χ3v) is 13.0. The maximum Gasteiger partial charge on any atom is 0.394 e. The maximum atomic E-state index is 13.1. The van der Waals surface area contributed by atoms with Gasteiger partial charge in [-0.05, 0) is 130 Å². The van der Waals surface area contributed by atoms with E-state index in [1.165, 1.54) is 26.2 Å². The quantitative estimate of drug-likeness (QED) is 0.0114. The second-order valence-electron chi connectivity index (χ2n) is 16.9. The summed E-state index contributed by atoms with van der Waals surface area (Å²) in [5.41, 5.74) is 8.31. The van der Waals surface area contributed by atoms with Crippen LogP contribution < -0.4 is 5.32 Å². The van der Waals surface area contributed by atoms with E-state index in [-0.39, 0.29) is 49.5 Å². The first-order valence-corrected chi connectivity index (χ1v) is 25.3. The van der Waals surface area contributed by atoms with Crippen LogP contribution in [-0.4, -0.2) is 111 Å². The zero-order valence-electron chi connectivity index (χ0n) is 39.7. The first-order valence-electron chi connectivity index (χ1n) is 23.1. The number of aliphatic carboxylic acids is 1. The SMILES string of the molecule is C=CCO.Cc1ccc(C#Cc2ccc(CN3OCC(CO)C3C(=O)NCCc3c[nH]c4ccccc34)cc2)cc1.O=C(O)/C=[N+](\[O-])Cc1ccc(I)cc1.O=C1OCC2CON(Cc3ccc(I)cc3)C12. The van der Waals surface area contributed by atoms with Crippen molar-refractivity contribution in [3.8, 4) is 11.8 Å². The van der Waals surface area contributed by atoms with Crippen LogP contribution in [0.3, 0.4) is 0 Å². The molecule has 4 unspecified atom stereocenters. The van der Waals surface area contributed by atoms with Gasteiger partial charge in [0.1, 0.15) is 12.1 Å². The second kappa shape index (κ2) is 28.3. The monoisotopic (exact) mass is 1200 g/mol. The molecule has 1 aromatic heterocycles. The summed E-state index contributed by atoms with van der Waals surface area (Å²) in [6, 6.07) is 39.0. The molecule has 0 radical (unpaired) electrons. The van der Waals surface area contributed by atoms with E-state index in [0.29, 0.717) is 50.4 Å². The molecular weight excluding hydrogens is 1140 g/mol. The van der Waals surface area contributed by atoms with Gasteiger partial charge in [-0.25, -0.2) is 9.53 Å². The number of nitrogens with one attached hydrogen (secondary N) is 2. The molecule has 3 aliphatic heterocycles. The summed E-state index contributed by atoms with van der Waals surface area (Å²) in [6.07, 6.45) is 4.75. The average Bonchev–Trinajstić information content (AvgIpc) is 4.19. The smallest absolute Gasteiger partial charge is 0.394 e. The number of carbonyl (C=O) groups is 3. The predicted octanol–water partition coefficient (Wildman–Crippen LogP) is 7.16. The molecule has 0 saturated carbocycles. The average molecular weight is 1200 g/mol. The highest BCUT2D eigenvalue weighted by Crippen LogP contribution is 2.30. The number of H-pyrrole nitrogens is 1. The molecule has 3 saturated heterocycles. The number of cyclic esters (lactones) is 1. The zero-order chi connectivity index (χ0) is 51.4. The molecule has 17 heteroatoms. The maximum absolute atomic E-state index is 13.1. The van der Waals surface area contributed by atoms with E-state index >= 15 is 0 Å². The number of ether oxygens (including phenoxy) is 1. The largest absolute Gasteiger partial charge is 0.623 e. The van der Waals surface area contributed by atoms with E-state index in [0.717, 1.165) is 43.3 Å². The van der Waals surface area contributed by atoms with Crippen LogP contribution in [-0.2, 0) is 54.9 Å². The molecule has 15 nitrogen and oxygen atoms in total. The van der Waals surface area contributed by atoms with Crippen LogP contribution in [0.1, 0.15) is 38.9 Å². The van der Waals surface area contributed by atoms with Crippen LogP contribution in [0.25, 0.3) is 10.9 Å². The minimum atomic E-state index is -1.23. The van der Waals surface area contributed by atoms with Crippen molar-refractivity contribution in [1.29, 1.82) is 0 Å². The first-order chi connectivity index (χ1) is 34.8. The van der Waals surface area contributed by atoms with Gasteiger partial charge in [-0.3, -0.25) is 19.3 Å². The van der Waals surface area contributed by atoms with Gasteiger partial charge >= 0.3 is 11.9 Å². The van der Waals surface area contributed by atoms with E-state index < -0.39 is 12.0 Å². The molecule has 0 bridgehead atoms. The lowest BCUT2D eigenvalue weighted by atomic mass is 10.0. The van der Waals surface area contributed by atoms with Gasteiger partial charge in [-0.15, -0.1) is 6.58 Å². The number of aromatic nitrogens is 1. The minimum absolute atomic E-state index is 0.0587. The van der Waals surface area contributed by atoms with Crippen molar-refractivity contribution in [2.24, 2.45) is 11.8 Å². The first kappa shape index (κ1) is 55.4. The number of fused-ring (bicyclic) bond motifs is 2. The molecule has 3 aliphatic rings. The molecule has 5 N–H and O–H groups in total. The van der Waals surface area contributed by atoms with E-state index in [1.807, 2.05) is 72.9 Å². The van der Waals surface area contributed by atoms with Crippen molar-refractivity contribution < 1.29 is 48.9 Å². The Kier molecular flexibility index (Phi) is 21.8. The number of benzene rings is 5. The number of para-hydroxylation sites is 1. The van der Waals surface area contributed by atoms with E-state index in [9.17, 15) is 24.7 Å². The molecule has 0 aliphatic carbocycles. The number of hydroxylamine groups is 5. The Bertz CT molecular complexity index is 2810. The Morgan fingerprint density at radius 3 is 2.01 bits per heavy atom. The Hall–Kier alpha value is -5.96. The number of hydrogen-bond acceptors (Lipinski definition) is 11. The molecule has 3 fully saturated rings. The fourth-order valence-electron chi connectivity index (χ4n) is 7.83. The van der Waals surface area contributed by atoms with Gasteiger partial charge in [-0.1, -0.05) is 90.2 Å². The number of rotatable bonds is 13. The van der Waals surface area contributed by atoms with E-state index in [1.54, 1.807) is 22.3 Å². The molecule has 4 atom stereocenters. The highest BCUT2D eigenvalue weighted by atomic mass is 127. The number of carboxylic acids is 1. The molecule has 4 heterocycles. The number of halogens is 2. The third kappa shape index (κ3) is 16.8. The van der Waals surface area contributed by atoms with Gasteiger partial charge in [0.25, 0.3) is 6.21 Å². The van der Waals surface area contributed by atoms with Gasteiger partial charge in [0, 0.05) is 59.3 Å². The molecule has 5 aromatic carbocycles. The number of amides is 1. The van der Waals surface area contributed by atoms with Gasteiger partial charge in [0.05, 0.1) is 46.1 Å². The third-order valence-electron chi connectivity index (χ3n) is 11.6. The summed E-state index contributed by atoms with van der Waals surface area (Å²) in [5, 5.41) is 44.6. The summed E-state index contributed by atoms with van der Waals surface area (Å²) in [5.74, 6) is 4.80. The summed E-state index contributed by atoms with van der Waals surface area (Å²) >= 11 is 4.43. The van der Waals surface area contributed by atoms with Crippen LogP contribution in [0, 0.1) is 42.9 Å². The Labute approximate surface area is 446 Å². The number of aliphatic hydroxyl groups excluding tert-OH is 2. The van der Waals surface area contributed by atoms with Crippen LogP contribution in [0.15, 0.2) is 140 Å². The number of aromatic amines is 1. The van der Waals surface area contributed by atoms with Crippen molar-refractivity contribution in [3.05, 3.63) is 191 Å². The Morgan fingerprint density at radius 2 is 1.40 bits per heavy atom. The van der Waals surface area contributed by atoms with Crippen LogP contribution in [0.2, 0.25) is 0 Å². The normalized spacial score (nSPS) is 18.2. The van der Waals surface area contributed by atoms with Gasteiger partial charge in [-0.2, -0.15) is 10.1 Å². The lowest BCUT2D eigenvalue weighted by Gasteiger charge is -2.24. The van der Waals surface area contributed by atoms with Crippen molar-refractivity contribution in [1.82, 2.24) is 20.4 Å². The fourth-order valence-corrected chi connectivity index (χ4v) is 8.55. The molecule has 9 rings (SSSR count). The lowest BCUT2D eigenvalue weighted by Crippen LogP contribution is -2.47. The Balaban J connectivity index is 0.000000198.